The van der Waals surface area contributed by atoms with E-state index in [1.807, 2.05) is 45.8 Å². The van der Waals surface area contributed by atoms with Crippen LogP contribution in [0.4, 0.5) is 11.5 Å². The van der Waals surface area contributed by atoms with E-state index in [2.05, 4.69) is 47.2 Å². The Hall–Kier alpha value is -3.87. The maximum atomic E-state index is 13.0. The number of aromatic nitrogens is 3. The van der Waals surface area contributed by atoms with Gasteiger partial charge in [-0.2, -0.15) is 0 Å². The third-order valence-corrected chi connectivity index (χ3v) is 6.43. The minimum absolute atomic E-state index is 0.0960. The van der Waals surface area contributed by atoms with E-state index in [9.17, 15) is 4.79 Å². The number of imidazole rings is 1. The van der Waals surface area contributed by atoms with E-state index < -0.39 is 0 Å². The van der Waals surface area contributed by atoms with Gasteiger partial charge in [0.05, 0.1) is 12.7 Å². The fraction of sp³-hybridized carbons (Fsp3) is 0.269. The molecular formula is C26H28N6O. The number of hydrogen-bond acceptors (Lipinski definition) is 5. The number of amides is 1. The van der Waals surface area contributed by atoms with E-state index in [4.69, 9.17) is 4.98 Å². The molecule has 0 bridgehead atoms. The highest BCUT2D eigenvalue weighted by atomic mass is 16.2. The molecule has 5 rings (SSSR count). The van der Waals surface area contributed by atoms with Gasteiger partial charge in [0.25, 0.3) is 0 Å². The molecule has 7 heteroatoms. The van der Waals surface area contributed by atoms with Gasteiger partial charge in [-0.25, -0.2) is 4.98 Å². The van der Waals surface area contributed by atoms with E-state index in [1.165, 1.54) is 16.8 Å². The Morgan fingerprint density at radius 3 is 2.58 bits per heavy atom. The van der Waals surface area contributed by atoms with Crippen molar-refractivity contribution in [3.63, 3.8) is 0 Å². The van der Waals surface area contributed by atoms with Crippen LogP contribution in [0, 0.1) is 13.8 Å². The molecule has 33 heavy (non-hydrogen) atoms. The van der Waals surface area contributed by atoms with Crippen LogP contribution in [0.3, 0.4) is 0 Å². The van der Waals surface area contributed by atoms with Crippen molar-refractivity contribution in [2.45, 2.75) is 13.8 Å². The summed E-state index contributed by atoms with van der Waals surface area (Å²) in [5.41, 5.74) is 6.44. The van der Waals surface area contributed by atoms with Crippen molar-refractivity contribution in [1.82, 2.24) is 19.3 Å². The summed E-state index contributed by atoms with van der Waals surface area (Å²) in [6.07, 6.45) is 5.32. The van der Waals surface area contributed by atoms with E-state index in [-0.39, 0.29) is 12.5 Å². The summed E-state index contributed by atoms with van der Waals surface area (Å²) in [5, 5.41) is 3.36. The van der Waals surface area contributed by atoms with Crippen LogP contribution in [0.2, 0.25) is 0 Å². The lowest BCUT2D eigenvalue weighted by Crippen LogP contribution is -2.50. The lowest BCUT2D eigenvalue weighted by Gasteiger charge is -2.37. The predicted octanol–water partition coefficient (Wildman–Crippen LogP) is 3.77. The molecule has 1 fully saturated rings. The molecule has 0 spiro atoms. The SMILES string of the molecule is Cc1cccc(N2CCN(C(=O)CNc3c(-c4ccccc4)nc4cnccn34)CC2)c1C. The summed E-state index contributed by atoms with van der Waals surface area (Å²) in [7, 11) is 0. The maximum absolute atomic E-state index is 13.0. The summed E-state index contributed by atoms with van der Waals surface area (Å²) in [6.45, 7) is 7.65. The van der Waals surface area contributed by atoms with Crippen LogP contribution < -0.4 is 10.2 Å². The lowest BCUT2D eigenvalue weighted by molar-refractivity contribution is -0.129. The highest BCUT2D eigenvalue weighted by Crippen LogP contribution is 2.28. The highest BCUT2D eigenvalue weighted by molar-refractivity contribution is 5.84. The first-order valence-corrected chi connectivity index (χ1v) is 11.3. The Morgan fingerprint density at radius 2 is 1.79 bits per heavy atom. The second-order valence-corrected chi connectivity index (χ2v) is 8.42. The minimum Gasteiger partial charge on any atom is -0.368 e. The monoisotopic (exact) mass is 440 g/mol. The number of carbonyl (C=O) groups excluding carboxylic acids is 1. The zero-order chi connectivity index (χ0) is 22.8. The molecule has 0 atom stereocenters. The Morgan fingerprint density at radius 1 is 1.00 bits per heavy atom. The first kappa shape index (κ1) is 21.0. The van der Waals surface area contributed by atoms with E-state index >= 15 is 0 Å². The van der Waals surface area contributed by atoms with Crippen LogP contribution in [-0.4, -0.2) is 57.9 Å². The van der Waals surface area contributed by atoms with Gasteiger partial charge in [-0.1, -0.05) is 42.5 Å². The molecule has 3 heterocycles. The molecule has 0 unspecified atom stereocenters. The molecule has 0 radical (unpaired) electrons. The molecule has 0 aliphatic carbocycles. The Labute approximate surface area is 193 Å². The Kier molecular flexibility index (Phi) is 5.69. The number of fused-ring (bicyclic) bond motifs is 1. The van der Waals surface area contributed by atoms with Crippen LogP contribution in [0.1, 0.15) is 11.1 Å². The molecule has 7 nitrogen and oxygen atoms in total. The van der Waals surface area contributed by atoms with Crippen molar-refractivity contribution < 1.29 is 4.79 Å². The summed E-state index contributed by atoms with van der Waals surface area (Å²) < 4.78 is 1.95. The number of nitrogens with zero attached hydrogens (tertiary/aromatic N) is 5. The number of piperazine rings is 1. The number of carbonyl (C=O) groups is 1. The van der Waals surface area contributed by atoms with Crippen molar-refractivity contribution in [1.29, 1.82) is 0 Å². The minimum atomic E-state index is 0.0960. The zero-order valence-corrected chi connectivity index (χ0v) is 19.0. The summed E-state index contributed by atoms with van der Waals surface area (Å²) >= 11 is 0. The van der Waals surface area contributed by atoms with Crippen LogP contribution in [-0.2, 0) is 4.79 Å². The van der Waals surface area contributed by atoms with Crippen molar-refractivity contribution in [2.24, 2.45) is 0 Å². The first-order valence-electron chi connectivity index (χ1n) is 11.3. The molecule has 1 saturated heterocycles. The number of anilines is 2. The quantitative estimate of drug-likeness (QED) is 0.512. The molecule has 2 aromatic heterocycles. The molecular weight excluding hydrogens is 412 g/mol. The number of aryl methyl sites for hydroxylation is 1. The second kappa shape index (κ2) is 8.94. The lowest BCUT2D eigenvalue weighted by atomic mass is 10.1. The number of rotatable bonds is 5. The number of benzene rings is 2. The molecule has 0 saturated carbocycles. The van der Waals surface area contributed by atoms with Crippen molar-refractivity contribution in [2.75, 3.05) is 42.9 Å². The van der Waals surface area contributed by atoms with Crippen molar-refractivity contribution >= 4 is 23.1 Å². The smallest absolute Gasteiger partial charge is 0.242 e. The summed E-state index contributed by atoms with van der Waals surface area (Å²) in [4.78, 5) is 26.3. The van der Waals surface area contributed by atoms with Gasteiger partial charge in [0.2, 0.25) is 5.91 Å². The van der Waals surface area contributed by atoms with Crippen molar-refractivity contribution in [3.05, 3.63) is 78.2 Å². The van der Waals surface area contributed by atoms with E-state index in [0.29, 0.717) is 0 Å². The van der Waals surface area contributed by atoms with Gasteiger partial charge < -0.3 is 15.1 Å². The summed E-state index contributed by atoms with van der Waals surface area (Å²) in [5.74, 6) is 0.902. The molecule has 1 aliphatic heterocycles. The fourth-order valence-corrected chi connectivity index (χ4v) is 4.42. The van der Waals surface area contributed by atoms with Gasteiger partial charge in [0.1, 0.15) is 11.5 Å². The molecule has 1 aliphatic rings. The topological polar surface area (TPSA) is 65.8 Å². The largest absolute Gasteiger partial charge is 0.368 e. The summed E-state index contributed by atoms with van der Waals surface area (Å²) in [6, 6.07) is 16.4. The van der Waals surface area contributed by atoms with Gasteiger partial charge in [0, 0.05) is 49.8 Å². The molecule has 1 amide bonds. The molecule has 1 N–H and O–H groups in total. The fourth-order valence-electron chi connectivity index (χ4n) is 4.42. The standard InChI is InChI=1S/C26H28N6O/c1-19-7-6-10-22(20(19)2)30-13-15-31(16-14-30)24(33)18-28-26-25(21-8-4-3-5-9-21)29-23-17-27-11-12-32(23)26/h3-12,17,28H,13-16,18H2,1-2H3. The van der Waals surface area contributed by atoms with Crippen LogP contribution in [0.5, 0.6) is 0 Å². The number of nitrogens with one attached hydrogen (secondary N) is 1. The van der Waals surface area contributed by atoms with Crippen LogP contribution >= 0.6 is 0 Å². The average molecular weight is 441 g/mol. The van der Waals surface area contributed by atoms with Crippen molar-refractivity contribution in [3.8, 4) is 11.3 Å². The third-order valence-electron chi connectivity index (χ3n) is 6.43. The Balaban J connectivity index is 1.28. The van der Waals surface area contributed by atoms with Gasteiger partial charge in [-0.15, -0.1) is 0 Å². The van der Waals surface area contributed by atoms with Gasteiger partial charge in [-0.05, 0) is 31.0 Å². The van der Waals surface area contributed by atoms with E-state index in [0.717, 1.165) is 48.9 Å². The second-order valence-electron chi connectivity index (χ2n) is 8.42. The molecule has 168 valence electrons. The normalized spacial score (nSPS) is 14.0. The molecule has 4 aromatic rings. The van der Waals surface area contributed by atoms with Gasteiger partial charge >= 0.3 is 0 Å². The number of hydrogen-bond donors (Lipinski definition) is 1. The Bertz CT molecular complexity index is 1270. The predicted molar refractivity (Wildman–Crippen MR) is 132 cm³/mol. The highest BCUT2D eigenvalue weighted by Gasteiger charge is 2.23. The zero-order valence-electron chi connectivity index (χ0n) is 19.0. The third kappa shape index (κ3) is 4.14. The average Bonchev–Trinajstić information content (AvgIpc) is 3.23. The van der Waals surface area contributed by atoms with Crippen LogP contribution in [0.15, 0.2) is 67.1 Å². The maximum Gasteiger partial charge on any atom is 0.242 e. The van der Waals surface area contributed by atoms with Gasteiger partial charge in [0.15, 0.2) is 5.65 Å². The molecule has 2 aromatic carbocycles. The van der Waals surface area contributed by atoms with E-state index in [1.54, 1.807) is 12.4 Å². The van der Waals surface area contributed by atoms with Gasteiger partial charge in [-0.3, -0.25) is 14.2 Å². The first-order chi connectivity index (χ1) is 16.1. The van der Waals surface area contributed by atoms with Crippen LogP contribution in [0.25, 0.3) is 16.9 Å².